The maximum atomic E-state index is 12.6. The van der Waals surface area contributed by atoms with Crippen molar-refractivity contribution in [2.75, 3.05) is 12.3 Å². The molecule has 0 aliphatic carbocycles. The molecule has 6 heteroatoms. The van der Waals surface area contributed by atoms with Crippen molar-refractivity contribution in [3.05, 3.63) is 63.8 Å². The molecule has 0 spiro atoms. The molecule has 0 radical (unpaired) electrons. The van der Waals surface area contributed by atoms with Crippen molar-refractivity contribution in [3.8, 4) is 0 Å². The summed E-state index contributed by atoms with van der Waals surface area (Å²) in [5.41, 5.74) is 9.01. The number of anilines is 1. The molecule has 2 N–H and O–H groups in total. The molecule has 1 aliphatic heterocycles. The maximum absolute atomic E-state index is 12.6. The van der Waals surface area contributed by atoms with Crippen LogP contribution in [0.2, 0.25) is 0 Å². The molecule has 0 fully saturated rings. The van der Waals surface area contributed by atoms with Crippen LogP contribution in [-0.4, -0.2) is 21.4 Å². The zero-order valence-corrected chi connectivity index (χ0v) is 12.5. The molecular formula is C17H16N4O2. The van der Waals surface area contributed by atoms with E-state index in [1.54, 1.807) is 24.6 Å². The lowest BCUT2D eigenvalue weighted by Crippen LogP contribution is -2.32. The average Bonchev–Trinajstić information content (AvgIpc) is 2.58. The van der Waals surface area contributed by atoms with E-state index in [4.69, 9.17) is 10.2 Å². The van der Waals surface area contributed by atoms with E-state index in [1.165, 1.54) is 0 Å². The Morgan fingerprint density at radius 3 is 3.09 bits per heavy atom. The normalized spacial score (nSPS) is 14.8. The van der Waals surface area contributed by atoms with Gasteiger partial charge in [-0.25, -0.2) is 9.97 Å². The van der Waals surface area contributed by atoms with Crippen LogP contribution in [0.3, 0.4) is 0 Å². The fourth-order valence-electron chi connectivity index (χ4n) is 2.99. The van der Waals surface area contributed by atoms with Crippen LogP contribution in [0.4, 0.5) is 5.95 Å². The minimum Gasteiger partial charge on any atom is -0.464 e. The van der Waals surface area contributed by atoms with Gasteiger partial charge in [-0.05, 0) is 12.1 Å². The van der Waals surface area contributed by atoms with Gasteiger partial charge in [-0.15, -0.1) is 0 Å². The van der Waals surface area contributed by atoms with Gasteiger partial charge in [0, 0.05) is 43.4 Å². The van der Waals surface area contributed by atoms with Crippen LogP contribution in [0.1, 0.15) is 16.8 Å². The Balaban J connectivity index is 1.61. The van der Waals surface area contributed by atoms with Gasteiger partial charge in [-0.2, -0.15) is 0 Å². The van der Waals surface area contributed by atoms with Crippen LogP contribution in [0.25, 0.3) is 11.0 Å². The fraction of sp³-hybridized carbons (Fsp3) is 0.235. The predicted octanol–water partition coefficient (Wildman–Crippen LogP) is 1.72. The van der Waals surface area contributed by atoms with Gasteiger partial charge in [-0.1, -0.05) is 12.1 Å². The predicted molar refractivity (Wildman–Crippen MR) is 86.7 cm³/mol. The third kappa shape index (κ3) is 2.57. The number of nitrogens with two attached hydrogens (primary N) is 1. The first-order valence-corrected chi connectivity index (χ1v) is 7.53. The van der Waals surface area contributed by atoms with Crippen LogP contribution < -0.4 is 11.2 Å². The molecule has 0 unspecified atom stereocenters. The third-order valence-electron chi connectivity index (χ3n) is 4.18. The van der Waals surface area contributed by atoms with Crippen LogP contribution in [0.15, 0.2) is 45.9 Å². The van der Waals surface area contributed by atoms with Gasteiger partial charge in [0.2, 0.25) is 5.95 Å². The molecule has 6 nitrogen and oxygen atoms in total. The Morgan fingerprint density at radius 1 is 1.30 bits per heavy atom. The summed E-state index contributed by atoms with van der Waals surface area (Å²) in [6.45, 7) is 2.09. The Morgan fingerprint density at radius 2 is 2.17 bits per heavy atom. The van der Waals surface area contributed by atoms with Gasteiger partial charge in [0.25, 0.3) is 0 Å². The molecule has 0 atom stereocenters. The highest BCUT2D eigenvalue weighted by Gasteiger charge is 2.19. The number of aromatic nitrogens is 2. The summed E-state index contributed by atoms with van der Waals surface area (Å²) < 4.78 is 5.58. The van der Waals surface area contributed by atoms with Crippen LogP contribution in [0.5, 0.6) is 0 Å². The van der Waals surface area contributed by atoms with Crippen molar-refractivity contribution in [2.45, 2.75) is 19.5 Å². The molecule has 1 aromatic carbocycles. The Hall–Kier alpha value is -2.73. The second-order valence-electron chi connectivity index (χ2n) is 5.75. The zero-order valence-electron chi connectivity index (χ0n) is 12.5. The van der Waals surface area contributed by atoms with Crippen molar-refractivity contribution in [2.24, 2.45) is 0 Å². The van der Waals surface area contributed by atoms with E-state index in [1.807, 2.05) is 12.1 Å². The van der Waals surface area contributed by atoms with E-state index in [0.717, 1.165) is 24.2 Å². The van der Waals surface area contributed by atoms with Gasteiger partial charge >= 0.3 is 0 Å². The van der Waals surface area contributed by atoms with E-state index in [9.17, 15) is 4.79 Å². The molecule has 3 heterocycles. The van der Waals surface area contributed by atoms with E-state index in [-0.39, 0.29) is 5.43 Å². The molecule has 0 bridgehead atoms. The topological polar surface area (TPSA) is 85.2 Å². The summed E-state index contributed by atoms with van der Waals surface area (Å²) in [6, 6.07) is 7.31. The molecule has 3 aromatic rings. The van der Waals surface area contributed by atoms with Crippen molar-refractivity contribution in [1.29, 1.82) is 0 Å². The van der Waals surface area contributed by atoms with E-state index in [2.05, 4.69) is 14.9 Å². The Kier molecular flexibility index (Phi) is 3.31. The number of fused-ring (bicyclic) bond motifs is 2. The molecular weight excluding hydrogens is 292 g/mol. The van der Waals surface area contributed by atoms with Crippen molar-refractivity contribution in [1.82, 2.24) is 14.9 Å². The van der Waals surface area contributed by atoms with Gasteiger partial charge < -0.3 is 10.2 Å². The molecule has 0 saturated heterocycles. The van der Waals surface area contributed by atoms with Crippen molar-refractivity contribution >= 4 is 16.9 Å². The van der Waals surface area contributed by atoms with Gasteiger partial charge in [0.1, 0.15) is 5.58 Å². The van der Waals surface area contributed by atoms with Gasteiger partial charge in [0.15, 0.2) is 5.43 Å². The molecule has 0 saturated carbocycles. The number of hydrogen-bond donors (Lipinski definition) is 1. The number of rotatable bonds is 2. The largest absolute Gasteiger partial charge is 0.464 e. The summed E-state index contributed by atoms with van der Waals surface area (Å²) in [6.07, 6.45) is 4.15. The van der Waals surface area contributed by atoms with Gasteiger partial charge in [0.05, 0.1) is 17.3 Å². The highest BCUT2D eigenvalue weighted by Crippen LogP contribution is 2.19. The van der Waals surface area contributed by atoms with Crippen LogP contribution >= 0.6 is 0 Å². The zero-order chi connectivity index (χ0) is 15.8. The summed E-state index contributed by atoms with van der Waals surface area (Å²) in [4.78, 5) is 23.1. The van der Waals surface area contributed by atoms with Crippen LogP contribution in [-0.2, 0) is 19.5 Å². The molecule has 23 heavy (non-hydrogen) atoms. The van der Waals surface area contributed by atoms with Gasteiger partial charge in [-0.3, -0.25) is 9.69 Å². The molecule has 1 aliphatic rings. The van der Waals surface area contributed by atoms with Crippen LogP contribution in [0, 0.1) is 0 Å². The summed E-state index contributed by atoms with van der Waals surface area (Å²) >= 11 is 0. The number of hydrogen-bond acceptors (Lipinski definition) is 6. The lowest BCUT2D eigenvalue weighted by atomic mass is 10.1. The lowest BCUT2D eigenvalue weighted by molar-refractivity contribution is 0.240. The molecule has 116 valence electrons. The first-order chi connectivity index (χ1) is 11.2. The fourth-order valence-corrected chi connectivity index (χ4v) is 2.99. The first-order valence-electron chi connectivity index (χ1n) is 7.53. The molecule has 4 rings (SSSR count). The minimum atomic E-state index is 0.0335. The Bertz CT molecular complexity index is 935. The first kappa shape index (κ1) is 13.9. The standard InChI is InChI=1S/C17H16N4O2/c18-17-19-7-11-8-21(6-5-14(11)20-17)9-12-10-23-15-4-2-1-3-13(15)16(12)22/h1-4,7,10H,5-6,8-9H2,(H2,18,19,20). The quantitative estimate of drug-likeness (QED) is 0.776. The second-order valence-corrected chi connectivity index (χ2v) is 5.75. The minimum absolute atomic E-state index is 0.0335. The van der Waals surface area contributed by atoms with E-state index >= 15 is 0 Å². The number of benzene rings is 1. The number of nitrogen functional groups attached to an aromatic ring is 1. The maximum Gasteiger partial charge on any atom is 0.220 e. The Labute approximate surface area is 132 Å². The summed E-state index contributed by atoms with van der Waals surface area (Å²) in [5, 5.41) is 0.624. The lowest BCUT2D eigenvalue weighted by Gasteiger charge is -2.27. The van der Waals surface area contributed by atoms with Crippen molar-refractivity contribution in [3.63, 3.8) is 0 Å². The second kappa shape index (κ2) is 5.48. The smallest absolute Gasteiger partial charge is 0.220 e. The summed E-state index contributed by atoms with van der Waals surface area (Å²) in [5.74, 6) is 0.312. The third-order valence-corrected chi connectivity index (χ3v) is 4.18. The average molecular weight is 308 g/mol. The van der Waals surface area contributed by atoms with E-state index in [0.29, 0.717) is 35.6 Å². The van der Waals surface area contributed by atoms with Crippen molar-refractivity contribution < 1.29 is 4.42 Å². The monoisotopic (exact) mass is 308 g/mol. The highest BCUT2D eigenvalue weighted by atomic mass is 16.3. The number of nitrogens with zero attached hydrogens (tertiary/aromatic N) is 3. The number of para-hydroxylation sites is 1. The summed E-state index contributed by atoms with van der Waals surface area (Å²) in [7, 11) is 0. The highest BCUT2D eigenvalue weighted by molar-refractivity contribution is 5.76. The SMILES string of the molecule is Nc1ncc2c(n1)CCN(Cc1coc3ccccc3c1=O)C2. The molecule has 0 amide bonds. The molecule has 2 aromatic heterocycles. The van der Waals surface area contributed by atoms with E-state index < -0.39 is 0 Å².